The highest BCUT2D eigenvalue weighted by Gasteiger charge is 2.28. The average molecular weight is 428 g/mol. The number of halogens is 1. The van der Waals surface area contributed by atoms with Crippen LogP contribution in [0.15, 0.2) is 78.9 Å². The zero-order chi connectivity index (χ0) is 21.2. The van der Waals surface area contributed by atoms with Gasteiger partial charge < -0.3 is 5.32 Å². The van der Waals surface area contributed by atoms with E-state index in [1.54, 1.807) is 0 Å². The molecule has 4 aromatic rings. The van der Waals surface area contributed by atoms with Crippen LogP contribution in [-0.2, 0) is 6.42 Å². The first-order chi connectivity index (χ1) is 15.2. The largest absolute Gasteiger partial charge is 0.370 e. The molecule has 1 N–H and O–H groups in total. The van der Waals surface area contributed by atoms with E-state index in [1.807, 2.05) is 13.0 Å². The fraction of sp³-hybridized carbons (Fsp3) is 0.222. The lowest BCUT2D eigenvalue weighted by molar-refractivity contribution is 0.754. The molecule has 0 fully saturated rings. The standard InChI is InChI=1S/C27H26ClN3/c1-19-15-16-22(18-24(19)28)31-27-23(14-8-9-17-29-27)26(30-31)25(20-10-4-2-5-11-20)21-12-6-3-7-13-21/h2-7,10-13,15-16,18,25,29H,8-9,14,17H2,1H3. The minimum Gasteiger partial charge on any atom is -0.370 e. The maximum atomic E-state index is 6.48. The Morgan fingerprint density at radius 3 is 2.23 bits per heavy atom. The Labute approximate surface area is 188 Å². The minimum atomic E-state index is 0.0817. The zero-order valence-electron chi connectivity index (χ0n) is 17.7. The van der Waals surface area contributed by atoms with Crippen molar-refractivity contribution in [3.05, 3.63) is 112 Å². The smallest absolute Gasteiger partial charge is 0.133 e. The molecular formula is C27H26ClN3. The Bertz CT molecular complexity index is 1140. The van der Waals surface area contributed by atoms with Gasteiger partial charge in [-0.2, -0.15) is 5.10 Å². The van der Waals surface area contributed by atoms with E-state index in [4.69, 9.17) is 16.7 Å². The number of aryl methyl sites for hydroxylation is 1. The summed E-state index contributed by atoms with van der Waals surface area (Å²) < 4.78 is 2.06. The monoisotopic (exact) mass is 427 g/mol. The van der Waals surface area contributed by atoms with Gasteiger partial charge >= 0.3 is 0 Å². The number of hydrogen-bond acceptors (Lipinski definition) is 2. The molecule has 1 aliphatic rings. The van der Waals surface area contributed by atoms with Crippen LogP contribution in [0, 0.1) is 6.92 Å². The molecule has 0 radical (unpaired) electrons. The molecule has 5 rings (SSSR count). The highest BCUT2D eigenvalue weighted by atomic mass is 35.5. The van der Waals surface area contributed by atoms with E-state index in [1.165, 1.54) is 16.7 Å². The quantitative estimate of drug-likeness (QED) is 0.389. The predicted molar refractivity (Wildman–Crippen MR) is 129 cm³/mol. The minimum absolute atomic E-state index is 0.0817. The molecule has 0 unspecified atom stereocenters. The first-order valence-electron chi connectivity index (χ1n) is 10.9. The van der Waals surface area contributed by atoms with Crippen molar-refractivity contribution in [2.24, 2.45) is 0 Å². The van der Waals surface area contributed by atoms with Crippen molar-refractivity contribution in [1.82, 2.24) is 9.78 Å². The van der Waals surface area contributed by atoms with E-state index in [0.29, 0.717) is 0 Å². The van der Waals surface area contributed by atoms with Crippen LogP contribution < -0.4 is 5.32 Å². The van der Waals surface area contributed by atoms with Crippen molar-refractivity contribution in [2.75, 3.05) is 11.9 Å². The molecule has 0 spiro atoms. The zero-order valence-corrected chi connectivity index (χ0v) is 18.4. The molecular weight excluding hydrogens is 402 g/mol. The lowest BCUT2D eigenvalue weighted by Crippen LogP contribution is -2.08. The predicted octanol–water partition coefficient (Wildman–Crippen LogP) is 6.76. The number of benzene rings is 3. The Kier molecular flexibility index (Phi) is 5.52. The summed E-state index contributed by atoms with van der Waals surface area (Å²) in [7, 11) is 0. The molecule has 0 aliphatic carbocycles. The molecule has 156 valence electrons. The first kappa shape index (κ1) is 19.9. The van der Waals surface area contributed by atoms with Crippen molar-refractivity contribution >= 4 is 17.4 Å². The van der Waals surface area contributed by atoms with Gasteiger partial charge in [0.15, 0.2) is 0 Å². The van der Waals surface area contributed by atoms with E-state index in [9.17, 15) is 0 Å². The fourth-order valence-electron chi connectivity index (χ4n) is 4.46. The molecule has 2 heterocycles. The van der Waals surface area contributed by atoms with Crippen LogP contribution in [0.3, 0.4) is 0 Å². The number of rotatable bonds is 4. The number of nitrogens with zero attached hydrogens (tertiary/aromatic N) is 2. The Morgan fingerprint density at radius 2 is 1.58 bits per heavy atom. The van der Waals surface area contributed by atoms with Gasteiger partial charge in [-0.25, -0.2) is 4.68 Å². The van der Waals surface area contributed by atoms with Gasteiger partial charge in [0.2, 0.25) is 0 Å². The van der Waals surface area contributed by atoms with Crippen LogP contribution in [0.2, 0.25) is 5.02 Å². The molecule has 31 heavy (non-hydrogen) atoms. The van der Waals surface area contributed by atoms with Gasteiger partial charge in [0.1, 0.15) is 5.82 Å². The van der Waals surface area contributed by atoms with Gasteiger partial charge in [0.05, 0.1) is 17.3 Å². The third-order valence-electron chi connectivity index (χ3n) is 6.10. The Hall–Kier alpha value is -3.04. The second-order valence-corrected chi connectivity index (χ2v) is 8.60. The second-order valence-electron chi connectivity index (χ2n) is 8.20. The van der Waals surface area contributed by atoms with Gasteiger partial charge in [-0.15, -0.1) is 0 Å². The Balaban J connectivity index is 1.73. The molecule has 0 atom stereocenters. The molecule has 3 nitrogen and oxygen atoms in total. The molecule has 1 aromatic heterocycles. The van der Waals surface area contributed by atoms with E-state index in [2.05, 4.69) is 82.8 Å². The summed E-state index contributed by atoms with van der Waals surface area (Å²) in [4.78, 5) is 0. The number of aromatic nitrogens is 2. The fourth-order valence-corrected chi connectivity index (χ4v) is 4.64. The van der Waals surface area contributed by atoms with Gasteiger partial charge in [-0.05, 0) is 55.0 Å². The normalized spacial score (nSPS) is 13.5. The van der Waals surface area contributed by atoms with Crippen LogP contribution in [-0.4, -0.2) is 16.3 Å². The summed E-state index contributed by atoms with van der Waals surface area (Å²) in [6, 6.07) is 27.6. The van der Waals surface area contributed by atoms with E-state index in [0.717, 1.165) is 53.6 Å². The summed E-state index contributed by atoms with van der Waals surface area (Å²) >= 11 is 6.48. The topological polar surface area (TPSA) is 29.9 Å². The third kappa shape index (κ3) is 3.86. The van der Waals surface area contributed by atoms with Crippen molar-refractivity contribution in [1.29, 1.82) is 0 Å². The highest BCUT2D eigenvalue weighted by molar-refractivity contribution is 6.31. The number of hydrogen-bond donors (Lipinski definition) is 1. The van der Waals surface area contributed by atoms with Crippen LogP contribution in [0.1, 0.15) is 46.7 Å². The first-order valence-corrected chi connectivity index (χ1v) is 11.3. The second kappa shape index (κ2) is 8.60. The van der Waals surface area contributed by atoms with Gasteiger partial charge in [0, 0.05) is 17.1 Å². The SMILES string of the molecule is Cc1ccc(-n2nc(C(c3ccccc3)c3ccccc3)c3c2NCCCC3)cc1Cl. The lowest BCUT2D eigenvalue weighted by atomic mass is 9.86. The number of anilines is 1. The van der Waals surface area contributed by atoms with E-state index >= 15 is 0 Å². The van der Waals surface area contributed by atoms with Crippen molar-refractivity contribution < 1.29 is 0 Å². The average Bonchev–Trinajstić information content (AvgIpc) is 2.98. The van der Waals surface area contributed by atoms with E-state index in [-0.39, 0.29) is 5.92 Å². The maximum absolute atomic E-state index is 6.48. The Morgan fingerprint density at radius 1 is 0.903 bits per heavy atom. The highest BCUT2D eigenvalue weighted by Crippen LogP contribution is 2.38. The molecule has 0 amide bonds. The van der Waals surface area contributed by atoms with E-state index < -0.39 is 0 Å². The molecule has 4 heteroatoms. The molecule has 0 saturated heterocycles. The summed E-state index contributed by atoms with van der Waals surface area (Å²) in [5.41, 5.74) is 7.01. The molecule has 0 saturated carbocycles. The number of nitrogens with one attached hydrogen (secondary N) is 1. The van der Waals surface area contributed by atoms with Crippen LogP contribution in [0.5, 0.6) is 0 Å². The van der Waals surface area contributed by atoms with Crippen molar-refractivity contribution in [3.63, 3.8) is 0 Å². The van der Waals surface area contributed by atoms with Crippen LogP contribution in [0.25, 0.3) is 5.69 Å². The lowest BCUT2D eigenvalue weighted by Gasteiger charge is -2.18. The van der Waals surface area contributed by atoms with Crippen molar-refractivity contribution in [3.8, 4) is 5.69 Å². The molecule has 3 aromatic carbocycles. The summed E-state index contributed by atoms with van der Waals surface area (Å²) in [5, 5.41) is 9.65. The molecule has 1 aliphatic heterocycles. The number of fused-ring (bicyclic) bond motifs is 1. The summed E-state index contributed by atoms with van der Waals surface area (Å²) in [6.07, 6.45) is 3.33. The maximum Gasteiger partial charge on any atom is 0.133 e. The molecule has 0 bridgehead atoms. The van der Waals surface area contributed by atoms with Crippen molar-refractivity contribution in [2.45, 2.75) is 32.1 Å². The van der Waals surface area contributed by atoms with Gasteiger partial charge in [-0.1, -0.05) is 78.3 Å². The third-order valence-corrected chi connectivity index (χ3v) is 6.51. The summed E-state index contributed by atoms with van der Waals surface area (Å²) in [6.45, 7) is 2.99. The van der Waals surface area contributed by atoms with Gasteiger partial charge in [-0.3, -0.25) is 0 Å². The summed E-state index contributed by atoms with van der Waals surface area (Å²) in [5.74, 6) is 1.18. The van der Waals surface area contributed by atoms with Gasteiger partial charge in [0.25, 0.3) is 0 Å². The van der Waals surface area contributed by atoms with Crippen LogP contribution in [0.4, 0.5) is 5.82 Å². The van der Waals surface area contributed by atoms with Crippen LogP contribution >= 0.6 is 11.6 Å².